The number of nitrogens with zero attached hydrogens (tertiary/aromatic N) is 1. The third kappa shape index (κ3) is 2.09. The van der Waals surface area contributed by atoms with Crippen LogP contribution in [0, 0.1) is 0 Å². The molecule has 0 atom stereocenters. The zero-order valence-corrected chi connectivity index (χ0v) is 7.46. The Balaban J connectivity index is 2.31. The molecule has 1 saturated heterocycles. The summed E-state index contributed by atoms with van der Waals surface area (Å²) in [6.07, 6.45) is 0. The van der Waals surface area contributed by atoms with E-state index in [4.69, 9.17) is 0 Å². The molecule has 4 heteroatoms. The van der Waals surface area contributed by atoms with E-state index < -0.39 is 0 Å². The lowest BCUT2D eigenvalue weighted by Gasteiger charge is -2.25. The first-order valence-electron chi connectivity index (χ1n) is 3.31. The number of hydrogen-bond donors (Lipinski definition) is 1. The molecule has 0 bridgehead atoms. The first kappa shape index (κ1) is 8.27. The largest absolute Gasteiger partial charge is 0.340 e. The summed E-state index contributed by atoms with van der Waals surface area (Å²) in [7, 11) is 0. The van der Waals surface area contributed by atoms with Crippen molar-refractivity contribution in [3.05, 3.63) is 0 Å². The highest BCUT2D eigenvalue weighted by Gasteiger charge is 2.14. The molecular formula is C6H11NOS2. The van der Waals surface area contributed by atoms with Gasteiger partial charge in [-0.05, 0) is 0 Å². The SMILES string of the molecule is O=C(CS)N1CCSCC1. The maximum absolute atomic E-state index is 11.0. The molecule has 2 nitrogen and oxygen atoms in total. The number of thiol groups is 1. The van der Waals surface area contributed by atoms with Crippen LogP contribution in [0.5, 0.6) is 0 Å². The molecule has 1 aliphatic rings. The molecule has 0 aromatic heterocycles. The lowest BCUT2D eigenvalue weighted by Crippen LogP contribution is -2.38. The van der Waals surface area contributed by atoms with Crippen LogP contribution in [0.1, 0.15) is 0 Å². The van der Waals surface area contributed by atoms with Gasteiger partial charge in [-0.15, -0.1) is 0 Å². The van der Waals surface area contributed by atoms with Crippen molar-refractivity contribution in [3.63, 3.8) is 0 Å². The molecule has 0 aromatic rings. The average Bonchev–Trinajstić information content (AvgIpc) is 2.05. The summed E-state index contributed by atoms with van der Waals surface area (Å²) in [5, 5.41) is 0. The lowest BCUT2D eigenvalue weighted by atomic mass is 10.5. The topological polar surface area (TPSA) is 20.3 Å². The Bertz CT molecular complexity index is 123. The summed E-state index contributed by atoms with van der Waals surface area (Å²) < 4.78 is 0. The molecule has 0 N–H and O–H groups in total. The Morgan fingerprint density at radius 2 is 2.10 bits per heavy atom. The highest BCUT2D eigenvalue weighted by atomic mass is 32.2. The quantitative estimate of drug-likeness (QED) is 0.588. The van der Waals surface area contributed by atoms with Crippen LogP contribution in [0.3, 0.4) is 0 Å². The molecule has 1 fully saturated rings. The van der Waals surface area contributed by atoms with E-state index in [1.54, 1.807) is 0 Å². The zero-order chi connectivity index (χ0) is 7.40. The maximum Gasteiger partial charge on any atom is 0.232 e. The predicted molar refractivity (Wildman–Crippen MR) is 47.8 cm³/mol. The van der Waals surface area contributed by atoms with Crippen molar-refractivity contribution < 1.29 is 4.79 Å². The molecule has 58 valence electrons. The van der Waals surface area contributed by atoms with Crippen LogP contribution in [0.15, 0.2) is 0 Å². The Morgan fingerprint density at radius 1 is 1.50 bits per heavy atom. The van der Waals surface area contributed by atoms with Gasteiger partial charge in [-0.3, -0.25) is 4.79 Å². The number of rotatable bonds is 1. The maximum atomic E-state index is 11.0. The summed E-state index contributed by atoms with van der Waals surface area (Å²) in [5.74, 6) is 2.69. The second-order valence-corrected chi connectivity index (χ2v) is 3.69. The fourth-order valence-corrected chi connectivity index (χ4v) is 2.02. The molecule has 0 radical (unpaired) electrons. The van der Waals surface area contributed by atoms with Crippen LogP contribution in [-0.2, 0) is 4.79 Å². The minimum absolute atomic E-state index is 0.170. The molecule has 0 aromatic carbocycles. The summed E-state index contributed by atoms with van der Waals surface area (Å²) >= 11 is 5.84. The van der Waals surface area contributed by atoms with E-state index in [9.17, 15) is 4.79 Å². The first-order chi connectivity index (χ1) is 4.84. The van der Waals surface area contributed by atoms with E-state index in [-0.39, 0.29) is 5.91 Å². The summed E-state index contributed by atoms with van der Waals surface area (Å²) in [5.41, 5.74) is 0. The Morgan fingerprint density at radius 3 is 2.60 bits per heavy atom. The van der Waals surface area contributed by atoms with E-state index in [2.05, 4.69) is 12.6 Å². The molecule has 1 rings (SSSR count). The Kier molecular flexibility index (Phi) is 3.42. The van der Waals surface area contributed by atoms with Crippen LogP contribution in [0.4, 0.5) is 0 Å². The monoisotopic (exact) mass is 177 g/mol. The number of carbonyl (C=O) groups is 1. The van der Waals surface area contributed by atoms with E-state index in [1.165, 1.54) is 0 Å². The van der Waals surface area contributed by atoms with Gasteiger partial charge in [0.25, 0.3) is 0 Å². The van der Waals surface area contributed by atoms with Gasteiger partial charge in [0, 0.05) is 24.6 Å². The first-order valence-corrected chi connectivity index (χ1v) is 5.09. The molecule has 1 heterocycles. The number of carbonyl (C=O) groups excluding carboxylic acids is 1. The van der Waals surface area contributed by atoms with Gasteiger partial charge in [0.05, 0.1) is 5.75 Å². The fraction of sp³-hybridized carbons (Fsp3) is 0.833. The van der Waals surface area contributed by atoms with Crippen LogP contribution in [-0.4, -0.2) is 41.2 Å². The summed E-state index contributed by atoms with van der Waals surface area (Å²) in [6, 6.07) is 0. The summed E-state index contributed by atoms with van der Waals surface area (Å²) in [6.45, 7) is 1.81. The predicted octanol–water partition coefficient (Wildman–Crippen LogP) is 0.492. The number of amides is 1. The highest BCUT2D eigenvalue weighted by Crippen LogP contribution is 2.08. The van der Waals surface area contributed by atoms with E-state index in [0.29, 0.717) is 5.75 Å². The number of hydrogen-bond acceptors (Lipinski definition) is 3. The molecule has 0 unspecified atom stereocenters. The van der Waals surface area contributed by atoms with Gasteiger partial charge in [0.1, 0.15) is 0 Å². The number of thioether (sulfide) groups is 1. The second kappa shape index (κ2) is 4.13. The molecule has 0 saturated carbocycles. The summed E-state index contributed by atoms with van der Waals surface area (Å²) in [4.78, 5) is 12.9. The highest BCUT2D eigenvalue weighted by molar-refractivity contribution is 7.99. The van der Waals surface area contributed by atoms with Crippen LogP contribution in [0.2, 0.25) is 0 Å². The second-order valence-electron chi connectivity index (χ2n) is 2.15. The van der Waals surface area contributed by atoms with Crippen molar-refractivity contribution in [1.29, 1.82) is 0 Å². The molecule has 0 aliphatic carbocycles. The van der Waals surface area contributed by atoms with Crippen molar-refractivity contribution >= 4 is 30.3 Å². The van der Waals surface area contributed by atoms with Crippen LogP contribution in [0.25, 0.3) is 0 Å². The van der Waals surface area contributed by atoms with Gasteiger partial charge in [-0.25, -0.2) is 0 Å². The Hall–Kier alpha value is 0.170. The fourth-order valence-electron chi connectivity index (χ4n) is 0.913. The van der Waals surface area contributed by atoms with E-state index in [0.717, 1.165) is 24.6 Å². The molecule has 0 spiro atoms. The van der Waals surface area contributed by atoms with Gasteiger partial charge in [0.15, 0.2) is 0 Å². The minimum Gasteiger partial charge on any atom is -0.340 e. The third-order valence-corrected chi connectivity index (χ3v) is 2.71. The van der Waals surface area contributed by atoms with E-state index in [1.807, 2.05) is 16.7 Å². The lowest BCUT2D eigenvalue weighted by molar-refractivity contribution is -0.127. The van der Waals surface area contributed by atoms with Crippen molar-refractivity contribution in [3.8, 4) is 0 Å². The van der Waals surface area contributed by atoms with Crippen molar-refractivity contribution in [1.82, 2.24) is 4.90 Å². The Labute approximate surface area is 70.8 Å². The van der Waals surface area contributed by atoms with Crippen molar-refractivity contribution in [2.45, 2.75) is 0 Å². The molecule has 1 amide bonds. The van der Waals surface area contributed by atoms with Gasteiger partial charge >= 0.3 is 0 Å². The van der Waals surface area contributed by atoms with Crippen molar-refractivity contribution in [2.75, 3.05) is 30.3 Å². The average molecular weight is 177 g/mol. The third-order valence-electron chi connectivity index (χ3n) is 1.50. The normalized spacial score (nSPS) is 19.1. The van der Waals surface area contributed by atoms with Gasteiger partial charge < -0.3 is 4.90 Å². The zero-order valence-electron chi connectivity index (χ0n) is 5.75. The van der Waals surface area contributed by atoms with Crippen molar-refractivity contribution in [2.24, 2.45) is 0 Å². The minimum atomic E-state index is 0.170. The molecule has 1 aliphatic heterocycles. The van der Waals surface area contributed by atoms with Gasteiger partial charge in [-0.2, -0.15) is 24.4 Å². The van der Waals surface area contributed by atoms with E-state index >= 15 is 0 Å². The smallest absolute Gasteiger partial charge is 0.232 e. The molecular weight excluding hydrogens is 166 g/mol. The van der Waals surface area contributed by atoms with Crippen LogP contribution < -0.4 is 0 Å². The van der Waals surface area contributed by atoms with Gasteiger partial charge in [0.2, 0.25) is 5.91 Å². The van der Waals surface area contributed by atoms with Gasteiger partial charge in [-0.1, -0.05) is 0 Å². The molecule has 10 heavy (non-hydrogen) atoms. The van der Waals surface area contributed by atoms with Crippen LogP contribution >= 0.6 is 24.4 Å². The standard InChI is InChI=1S/C6H11NOS2/c8-6(5-9)7-1-3-10-4-2-7/h9H,1-5H2.